The largest absolute Gasteiger partial charge is 0.496 e. The lowest BCUT2D eigenvalue weighted by Gasteiger charge is -2.03. The van der Waals surface area contributed by atoms with E-state index in [1.165, 1.54) is 0 Å². The molecular formula is C19H18N4O3S2. The molecule has 0 bridgehead atoms. The van der Waals surface area contributed by atoms with Gasteiger partial charge in [0.2, 0.25) is 11.7 Å². The fraction of sp³-hybridized carbons (Fsp3) is 0.263. The summed E-state index contributed by atoms with van der Waals surface area (Å²) in [5.74, 6) is 3.41. The zero-order chi connectivity index (χ0) is 19.7. The number of nitrogens with one attached hydrogen (secondary N) is 1. The summed E-state index contributed by atoms with van der Waals surface area (Å²) in [7, 11) is 1.61. The van der Waals surface area contributed by atoms with Crippen LogP contribution in [0.2, 0.25) is 0 Å². The maximum absolute atomic E-state index is 12.3. The predicted molar refractivity (Wildman–Crippen MR) is 111 cm³/mol. The van der Waals surface area contributed by atoms with Crippen molar-refractivity contribution in [3.63, 3.8) is 0 Å². The van der Waals surface area contributed by atoms with Gasteiger partial charge < -0.3 is 14.2 Å². The van der Waals surface area contributed by atoms with Crippen LogP contribution >= 0.6 is 23.1 Å². The highest BCUT2D eigenvalue weighted by atomic mass is 32.2. The summed E-state index contributed by atoms with van der Waals surface area (Å²) in [4.78, 5) is 26.1. The number of fused-ring (bicyclic) bond motifs is 1. The number of aromatic amines is 1. The van der Waals surface area contributed by atoms with Gasteiger partial charge in [0, 0.05) is 4.88 Å². The fourth-order valence-corrected chi connectivity index (χ4v) is 4.63. The van der Waals surface area contributed by atoms with Crippen molar-refractivity contribution in [2.24, 2.45) is 0 Å². The number of thioether (sulfide) groups is 1. The molecule has 0 saturated carbocycles. The topological polar surface area (TPSA) is 93.9 Å². The minimum atomic E-state index is -0.0845. The van der Waals surface area contributed by atoms with Crippen molar-refractivity contribution in [1.82, 2.24) is 20.1 Å². The van der Waals surface area contributed by atoms with Gasteiger partial charge in [-0.1, -0.05) is 17.3 Å². The predicted octanol–water partition coefficient (Wildman–Crippen LogP) is 4.09. The molecule has 28 heavy (non-hydrogen) atoms. The van der Waals surface area contributed by atoms with E-state index < -0.39 is 0 Å². The molecule has 144 valence electrons. The molecule has 7 nitrogen and oxygen atoms in total. The highest BCUT2D eigenvalue weighted by molar-refractivity contribution is 7.97. The van der Waals surface area contributed by atoms with Gasteiger partial charge in [0.05, 0.1) is 29.6 Å². The molecule has 1 aromatic carbocycles. The van der Waals surface area contributed by atoms with Gasteiger partial charge >= 0.3 is 0 Å². The number of hydrogen-bond donors (Lipinski definition) is 1. The van der Waals surface area contributed by atoms with Crippen molar-refractivity contribution in [3.8, 4) is 17.1 Å². The van der Waals surface area contributed by atoms with E-state index >= 15 is 0 Å². The van der Waals surface area contributed by atoms with Crippen molar-refractivity contribution < 1.29 is 9.26 Å². The van der Waals surface area contributed by atoms with Gasteiger partial charge in [0.25, 0.3) is 5.56 Å². The molecule has 0 aliphatic rings. The van der Waals surface area contributed by atoms with E-state index in [-0.39, 0.29) is 5.56 Å². The Bertz CT molecular complexity index is 1200. The summed E-state index contributed by atoms with van der Waals surface area (Å²) in [6, 6.07) is 7.52. The first-order valence-corrected chi connectivity index (χ1v) is 10.6. The van der Waals surface area contributed by atoms with E-state index in [2.05, 4.69) is 20.1 Å². The van der Waals surface area contributed by atoms with Crippen LogP contribution in [0.15, 0.2) is 33.6 Å². The molecule has 3 aromatic heterocycles. The van der Waals surface area contributed by atoms with Crippen molar-refractivity contribution >= 4 is 33.3 Å². The van der Waals surface area contributed by atoms with Crippen LogP contribution in [0.3, 0.4) is 0 Å². The lowest BCUT2D eigenvalue weighted by Crippen LogP contribution is -2.10. The molecule has 3 heterocycles. The van der Waals surface area contributed by atoms with E-state index in [1.807, 2.05) is 38.1 Å². The minimum Gasteiger partial charge on any atom is -0.496 e. The number of H-pyrrole nitrogens is 1. The third-order valence-electron chi connectivity index (χ3n) is 4.37. The highest BCUT2D eigenvalue weighted by Gasteiger charge is 2.14. The monoisotopic (exact) mass is 414 g/mol. The summed E-state index contributed by atoms with van der Waals surface area (Å²) < 4.78 is 10.7. The van der Waals surface area contributed by atoms with E-state index in [9.17, 15) is 4.79 Å². The Kier molecular flexibility index (Phi) is 5.19. The third kappa shape index (κ3) is 3.55. The Morgan fingerprint density at radius 3 is 2.86 bits per heavy atom. The number of thiophene rings is 1. The van der Waals surface area contributed by atoms with E-state index in [0.29, 0.717) is 40.2 Å². The number of rotatable bonds is 6. The Morgan fingerprint density at radius 1 is 1.21 bits per heavy atom. The Hall–Kier alpha value is -2.65. The average molecular weight is 415 g/mol. The molecule has 9 heteroatoms. The van der Waals surface area contributed by atoms with Gasteiger partial charge in [0.15, 0.2) is 0 Å². The SMILES string of the molecule is COc1ccccc1-c1noc(CSCc2nc3sc(C)c(C)c3c(=O)[nH]2)n1. The Morgan fingerprint density at radius 2 is 2.04 bits per heavy atom. The maximum atomic E-state index is 12.3. The molecule has 0 amide bonds. The lowest BCUT2D eigenvalue weighted by atomic mass is 10.2. The Labute approximate surface area is 169 Å². The van der Waals surface area contributed by atoms with Gasteiger partial charge in [-0.25, -0.2) is 4.98 Å². The van der Waals surface area contributed by atoms with Gasteiger partial charge in [-0.05, 0) is 31.5 Å². The van der Waals surface area contributed by atoms with Crippen LogP contribution in [0.1, 0.15) is 22.2 Å². The molecule has 0 spiro atoms. The summed E-state index contributed by atoms with van der Waals surface area (Å²) in [5.41, 5.74) is 1.70. The lowest BCUT2D eigenvalue weighted by molar-refractivity contribution is 0.390. The van der Waals surface area contributed by atoms with E-state index in [1.54, 1.807) is 30.2 Å². The second-order valence-electron chi connectivity index (χ2n) is 6.18. The van der Waals surface area contributed by atoms with Crippen LogP contribution in [0, 0.1) is 13.8 Å². The quantitative estimate of drug-likeness (QED) is 0.508. The third-order valence-corrected chi connectivity index (χ3v) is 6.40. The molecule has 0 unspecified atom stereocenters. The summed E-state index contributed by atoms with van der Waals surface area (Å²) in [6.45, 7) is 3.96. The summed E-state index contributed by atoms with van der Waals surface area (Å²) in [6.07, 6.45) is 0. The van der Waals surface area contributed by atoms with Crippen LogP contribution < -0.4 is 10.3 Å². The minimum absolute atomic E-state index is 0.0845. The second-order valence-corrected chi connectivity index (χ2v) is 8.37. The van der Waals surface area contributed by atoms with Crippen LogP contribution in [0.5, 0.6) is 5.75 Å². The molecule has 0 saturated heterocycles. The molecule has 0 radical (unpaired) electrons. The number of aromatic nitrogens is 4. The number of para-hydroxylation sites is 1. The van der Waals surface area contributed by atoms with Gasteiger partial charge in [-0.15, -0.1) is 23.1 Å². The van der Waals surface area contributed by atoms with Crippen LogP contribution in [-0.2, 0) is 11.5 Å². The molecular weight excluding hydrogens is 396 g/mol. The maximum Gasteiger partial charge on any atom is 0.259 e. The Balaban J connectivity index is 1.46. The first-order chi connectivity index (χ1) is 13.6. The summed E-state index contributed by atoms with van der Waals surface area (Å²) in [5, 5.41) is 4.73. The number of aryl methyl sites for hydroxylation is 2. The van der Waals surface area contributed by atoms with E-state index in [0.717, 1.165) is 20.8 Å². The fourth-order valence-electron chi connectivity index (χ4n) is 2.85. The van der Waals surface area contributed by atoms with Crippen molar-refractivity contribution in [2.45, 2.75) is 25.4 Å². The molecule has 1 N–H and O–H groups in total. The molecule has 0 aliphatic heterocycles. The smallest absolute Gasteiger partial charge is 0.259 e. The van der Waals surface area contributed by atoms with Crippen LogP contribution in [0.25, 0.3) is 21.6 Å². The number of ether oxygens (including phenoxy) is 1. The standard InChI is InChI=1S/C19H18N4O3S2/c1-10-11(2)28-19-16(10)18(24)20-14(21-19)8-27-9-15-22-17(23-26-15)12-6-4-5-7-13(12)25-3/h4-7H,8-9H2,1-3H3,(H,20,21,24). The first-order valence-electron chi connectivity index (χ1n) is 8.59. The van der Waals surface area contributed by atoms with E-state index in [4.69, 9.17) is 9.26 Å². The van der Waals surface area contributed by atoms with Gasteiger partial charge in [0.1, 0.15) is 16.4 Å². The normalized spacial score (nSPS) is 11.2. The summed E-state index contributed by atoms with van der Waals surface area (Å²) >= 11 is 3.10. The molecule has 0 atom stereocenters. The van der Waals surface area contributed by atoms with Crippen molar-refractivity contribution in [2.75, 3.05) is 7.11 Å². The van der Waals surface area contributed by atoms with Gasteiger partial charge in [-0.2, -0.15) is 4.98 Å². The molecule has 0 fully saturated rings. The molecule has 4 aromatic rings. The highest BCUT2D eigenvalue weighted by Crippen LogP contribution is 2.28. The number of methoxy groups -OCH3 is 1. The zero-order valence-corrected chi connectivity index (χ0v) is 17.2. The number of nitrogens with zero attached hydrogens (tertiary/aromatic N) is 3. The average Bonchev–Trinajstić information content (AvgIpc) is 3.26. The van der Waals surface area contributed by atoms with Crippen LogP contribution in [-0.4, -0.2) is 27.2 Å². The van der Waals surface area contributed by atoms with Crippen molar-refractivity contribution in [1.29, 1.82) is 0 Å². The van der Waals surface area contributed by atoms with Crippen LogP contribution in [0.4, 0.5) is 0 Å². The zero-order valence-electron chi connectivity index (χ0n) is 15.6. The number of hydrogen-bond acceptors (Lipinski definition) is 8. The number of benzene rings is 1. The van der Waals surface area contributed by atoms with Gasteiger partial charge in [-0.3, -0.25) is 4.79 Å². The molecule has 4 rings (SSSR count). The molecule has 0 aliphatic carbocycles. The first kappa shape index (κ1) is 18.7. The second kappa shape index (κ2) is 7.76. The van der Waals surface area contributed by atoms with Crippen molar-refractivity contribution in [3.05, 3.63) is 56.8 Å².